The van der Waals surface area contributed by atoms with Crippen molar-refractivity contribution in [1.82, 2.24) is 10.2 Å². The minimum atomic E-state index is -1.18. The Morgan fingerprint density at radius 1 is 1.29 bits per heavy atom. The first-order valence-electron chi connectivity index (χ1n) is 7.64. The van der Waals surface area contributed by atoms with Crippen LogP contribution in [-0.2, 0) is 6.54 Å². The molecule has 1 aliphatic heterocycles. The molecule has 0 spiro atoms. The van der Waals surface area contributed by atoms with Crippen LogP contribution in [0.5, 0.6) is 0 Å². The summed E-state index contributed by atoms with van der Waals surface area (Å²) < 4.78 is 40.0. The maximum absolute atomic E-state index is 13.7. The van der Waals surface area contributed by atoms with Gasteiger partial charge in [-0.3, -0.25) is 9.89 Å². The molecular formula is C17H19F3N4. The van der Waals surface area contributed by atoms with Crippen molar-refractivity contribution in [3.05, 3.63) is 46.5 Å². The summed E-state index contributed by atoms with van der Waals surface area (Å²) in [6.45, 7) is 5.03. The van der Waals surface area contributed by atoms with Crippen LogP contribution >= 0.6 is 0 Å². The van der Waals surface area contributed by atoms with Gasteiger partial charge in [0.05, 0.1) is 5.70 Å². The summed E-state index contributed by atoms with van der Waals surface area (Å²) in [4.78, 5) is 5.94. The number of halogens is 3. The van der Waals surface area contributed by atoms with Crippen molar-refractivity contribution >= 4 is 6.72 Å². The van der Waals surface area contributed by atoms with Gasteiger partial charge in [0, 0.05) is 31.1 Å². The van der Waals surface area contributed by atoms with Gasteiger partial charge < -0.3 is 5.32 Å². The fourth-order valence-corrected chi connectivity index (χ4v) is 2.94. The molecule has 4 nitrogen and oxygen atoms in total. The van der Waals surface area contributed by atoms with Crippen molar-refractivity contribution in [3.63, 3.8) is 0 Å². The Morgan fingerprint density at radius 3 is 2.46 bits per heavy atom. The fourth-order valence-electron chi connectivity index (χ4n) is 2.94. The van der Waals surface area contributed by atoms with Crippen LogP contribution in [0.1, 0.15) is 18.4 Å². The Balaban J connectivity index is 2.03. The zero-order valence-electron chi connectivity index (χ0n) is 13.5. The van der Waals surface area contributed by atoms with Gasteiger partial charge in [-0.1, -0.05) is 0 Å². The average molecular weight is 336 g/mol. The summed E-state index contributed by atoms with van der Waals surface area (Å²) in [5.74, 6) is -2.88. The minimum absolute atomic E-state index is 0.0932. The standard InChI is InChI=1S/C17H19F3N4/c1-22-16(9-21)17(23-2)11-3-5-24(6-4-11)10-12-7-14(19)15(20)8-13(12)18/h7-8,11,22H,2-6,10H2,1H3/b17-16-. The first kappa shape index (κ1) is 18.0. The lowest BCUT2D eigenvalue weighted by Crippen LogP contribution is -2.34. The zero-order chi connectivity index (χ0) is 17.7. The predicted octanol–water partition coefficient (Wildman–Crippen LogP) is 2.97. The highest BCUT2D eigenvalue weighted by Crippen LogP contribution is 2.28. The molecule has 0 radical (unpaired) electrons. The second kappa shape index (κ2) is 7.97. The third-order valence-corrected chi connectivity index (χ3v) is 4.25. The van der Waals surface area contributed by atoms with E-state index in [1.165, 1.54) is 0 Å². The lowest BCUT2D eigenvalue weighted by molar-refractivity contribution is 0.188. The van der Waals surface area contributed by atoms with E-state index in [0.29, 0.717) is 30.5 Å². The number of nitrogens with zero attached hydrogens (tertiary/aromatic N) is 3. The Bertz CT molecular complexity index is 686. The highest BCUT2D eigenvalue weighted by molar-refractivity contribution is 5.36. The molecule has 1 fully saturated rings. The first-order valence-corrected chi connectivity index (χ1v) is 7.64. The average Bonchev–Trinajstić information content (AvgIpc) is 2.58. The van der Waals surface area contributed by atoms with Crippen molar-refractivity contribution in [2.24, 2.45) is 10.9 Å². The zero-order valence-corrected chi connectivity index (χ0v) is 13.5. The molecule has 0 saturated carbocycles. The summed E-state index contributed by atoms with van der Waals surface area (Å²) in [6.07, 6.45) is 1.46. The summed E-state index contributed by atoms with van der Waals surface area (Å²) in [7, 11) is 1.66. The molecular weight excluding hydrogens is 317 g/mol. The lowest BCUT2D eigenvalue weighted by atomic mass is 9.92. The number of piperidine rings is 1. The highest BCUT2D eigenvalue weighted by atomic mass is 19.2. The van der Waals surface area contributed by atoms with E-state index in [1.807, 2.05) is 4.90 Å². The van der Waals surface area contributed by atoms with E-state index in [4.69, 9.17) is 5.26 Å². The van der Waals surface area contributed by atoms with Crippen molar-refractivity contribution in [1.29, 1.82) is 5.26 Å². The largest absolute Gasteiger partial charge is 0.378 e. The molecule has 0 aromatic heterocycles. The van der Waals surface area contributed by atoms with Gasteiger partial charge in [0.1, 0.15) is 17.6 Å². The van der Waals surface area contributed by atoms with Crippen molar-refractivity contribution in [2.45, 2.75) is 19.4 Å². The van der Waals surface area contributed by atoms with E-state index in [0.717, 1.165) is 18.9 Å². The lowest BCUT2D eigenvalue weighted by Gasteiger charge is -2.32. The third-order valence-electron chi connectivity index (χ3n) is 4.25. The maximum atomic E-state index is 13.7. The number of allylic oxidation sites excluding steroid dienone is 2. The van der Waals surface area contributed by atoms with Crippen LogP contribution in [0.4, 0.5) is 13.2 Å². The van der Waals surface area contributed by atoms with Crippen LogP contribution in [0, 0.1) is 34.7 Å². The second-order valence-electron chi connectivity index (χ2n) is 5.69. The minimum Gasteiger partial charge on any atom is -0.378 e. The summed E-state index contributed by atoms with van der Waals surface area (Å²) in [5.41, 5.74) is 1.17. The Morgan fingerprint density at radius 2 is 1.92 bits per heavy atom. The van der Waals surface area contributed by atoms with E-state index in [-0.39, 0.29) is 18.0 Å². The van der Waals surface area contributed by atoms with E-state index in [9.17, 15) is 13.2 Å². The fraction of sp³-hybridized carbons (Fsp3) is 0.412. The van der Waals surface area contributed by atoms with Crippen molar-refractivity contribution in [3.8, 4) is 6.07 Å². The van der Waals surface area contributed by atoms with E-state index in [2.05, 4.69) is 23.1 Å². The van der Waals surface area contributed by atoms with Gasteiger partial charge in [-0.25, -0.2) is 13.2 Å². The molecule has 1 N–H and O–H groups in total. The number of nitrogens with one attached hydrogen (secondary N) is 1. The topological polar surface area (TPSA) is 51.4 Å². The van der Waals surface area contributed by atoms with Crippen LogP contribution in [-0.4, -0.2) is 31.8 Å². The molecule has 1 aromatic rings. The van der Waals surface area contributed by atoms with Crippen LogP contribution in [0.2, 0.25) is 0 Å². The van der Waals surface area contributed by atoms with Gasteiger partial charge in [-0.2, -0.15) is 5.26 Å². The highest BCUT2D eigenvalue weighted by Gasteiger charge is 2.25. The van der Waals surface area contributed by atoms with E-state index < -0.39 is 17.5 Å². The molecule has 0 amide bonds. The Labute approximate surface area is 139 Å². The van der Waals surface area contributed by atoms with Gasteiger partial charge in [0.25, 0.3) is 0 Å². The molecule has 0 bridgehead atoms. The summed E-state index contributed by atoms with van der Waals surface area (Å²) in [6, 6.07) is 3.54. The van der Waals surface area contributed by atoms with Crippen LogP contribution < -0.4 is 5.32 Å². The van der Waals surface area contributed by atoms with Gasteiger partial charge in [0.2, 0.25) is 0 Å². The van der Waals surface area contributed by atoms with Gasteiger partial charge in [-0.15, -0.1) is 0 Å². The molecule has 1 heterocycles. The maximum Gasteiger partial charge on any atom is 0.161 e. The monoisotopic (exact) mass is 336 g/mol. The molecule has 24 heavy (non-hydrogen) atoms. The van der Waals surface area contributed by atoms with E-state index in [1.54, 1.807) is 7.05 Å². The van der Waals surface area contributed by atoms with Gasteiger partial charge >= 0.3 is 0 Å². The molecule has 1 aliphatic rings. The number of aliphatic imine (C=N–C) groups is 1. The molecule has 0 aliphatic carbocycles. The quantitative estimate of drug-likeness (QED) is 0.511. The summed E-state index contributed by atoms with van der Waals surface area (Å²) >= 11 is 0. The second-order valence-corrected chi connectivity index (χ2v) is 5.69. The SMILES string of the molecule is C=N/C(=C(/C#N)NC)C1CCN(Cc2cc(F)c(F)cc2F)CC1. The number of rotatable bonds is 5. The van der Waals surface area contributed by atoms with E-state index >= 15 is 0 Å². The van der Waals surface area contributed by atoms with Gasteiger partial charge in [0.15, 0.2) is 11.6 Å². The van der Waals surface area contributed by atoms with Crippen LogP contribution in [0.3, 0.4) is 0 Å². The number of hydrogen-bond acceptors (Lipinski definition) is 4. The number of hydrogen-bond donors (Lipinski definition) is 1. The predicted molar refractivity (Wildman–Crippen MR) is 85.6 cm³/mol. The number of nitriles is 1. The number of benzene rings is 1. The Kier molecular flexibility index (Phi) is 5.99. The summed E-state index contributed by atoms with van der Waals surface area (Å²) in [5, 5.41) is 11.9. The van der Waals surface area contributed by atoms with Crippen molar-refractivity contribution < 1.29 is 13.2 Å². The molecule has 128 valence electrons. The van der Waals surface area contributed by atoms with Crippen LogP contribution in [0.25, 0.3) is 0 Å². The molecule has 0 atom stereocenters. The van der Waals surface area contributed by atoms with Crippen molar-refractivity contribution in [2.75, 3.05) is 20.1 Å². The molecule has 7 heteroatoms. The van der Waals surface area contributed by atoms with Crippen LogP contribution in [0.15, 0.2) is 28.5 Å². The molecule has 2 rings (SSSR count). The molecule has 1 aromatic carbocycles. The molecule has 1 saturated heterocycles. The van der Waals surface area contributed by atoms with Gasteiger partial charge in [-0.05, 0) is 38.7 Å². The molecule has 0 unspecified atom stereocenters. The number of likely N-dealkylation sites (tertiary alicyclic amines) is 1. The Hall–Kier alpha value is -2.33. The smallest absolute Gasteiger partial charge is 0.161 e. The normalized spacial score (nSPS) is 17.1. The first-order chi connectivity index (χ1) is 11.5. The third kappa shape index (κ3) is 3.95.